The van der Waals surface area contributed by atoms with E-state index in [1.54, 1.807) is 25.1 Å². The van der Waals surface area contributed by atoms with Gasteiger partial charge in [-0.05, 0) is 41.8 Å². The van der Waals surface area contributed by atoms with Gasteiger partial charge in [0.05, 0.1) is 18.2 Å². The molecule has 2 nitrogen and oxygen atoms in total. The number of rotatable bonds is 3. The number of halogens is 3. The van der Waals surface area contributed by atoms with Gasteiger partial charge >= 0.3 is 12.1 Å². The molecule has 0 aliphatic heterocycles. The van der Waals surface area contributed by atoms with E-state index in [1.165, 1.54) is 19.2 Å². The maximum atomic E-state index is 12.6. The van der Waals surface area contributed by atoms with Crippen molar-refractivity contribution in [1.29, 1.82) is 0 Å². The smallest absolute Gasteiger partial charge is 0.416 e. The van der Waals surface area contributed by atoms with Crippen LogP contribution in [0.4, 0.5) is 13.2 Å². The number of hydrogen-bond acceptors (Lipinski definition) is 2. The molecule has 0 atom stereocenters. The molecule has 2 aromatic rings. The van der Waals surface area contributed by atoms with Gasteiger partial charge in [0, 0.05) is 0 Å². The van der Waals surface area contributed by atoms with E-state index in [4.69, 9.17) is 4.74 Å². The Balaban J connectivity index is 2.54. The monoisotopic (exact) mass is 320 g/mol. The highest BCUT2D eigenvalue weighted by molar-refractivity contribution is 5.98. The summed E-state index contributed by atoms with van der Waals surface area (Å²) in [6.45, 7) is 5.62. The Hall–Kier alpha value is -2.56. The van der Waals surface area contributed by atoms with E-state index in [9.17, 15) is 18.0 Å². The summed E-state index contributed by atoms with van der Waals surface area (Å²) < 4.78 is 42.7. The molecule has 5 heteroatoms. The molecule has 120 valence electrons. The fraction of sp³-hybridized carbons (Fsp3) is 0.167. The van der Waals surface area contributed by atoms with Crippen molar-refractivity contribution in [1.82, 2.24) is 0 Å². The molecule has 0 N–H and O–H groups in total. The topological polar surface area (TPSA) is 26.3 Å². The zero-order valence-corrected chi connectivity index (χ0v) is 12.7. The van der Waals surface area contributed by atoms with Gasteiger partial charge in [0.15, 0.2) is 0 Å². The number of esters is 1. The second-order valence-electron chi connectivity index (χ2n) is 5.11. The molecule has 2 rings (SSSR count). The second kappa shape index (κ2) is 6.28. The van der Waals surface area contributed by atoms with Crippen molar-refractivity contribution in [2.24, 2.45) is 0 Å². The van der Waals surface area contributed by atoms with Crippen LogP contribution in [0, 0.1) is 0 Å². The molecule has 0 radical (unpaired) electrons. The van der Waals surface area contributed by atoms with E-state index < -0.39 is 17.7 Å². The van der Waals surface area contributed by atoms with Crippen molar-refractivity contribution >= 4 is 11.5 Å². The Morgan fingerprint density at radius 2 is 1.70 bits per heavy atom. The summed E-state index contributed by atoms with van der Waals surface area (Å²) in [5, 5.41) is 0. The van der Waals surface area contributed by atoms with Crippen molar-refractivity contribution in [2.45, 2.75) is 13.1 Å². The molecule has 2 aromatic carbocycles. The molecular formula is C18H15F3O2. The van der Waals surface area contributed by atoms with Gasteiger partial charge in [-0.1, -0.05) is 36.4 Å². The lowest BCUT2D eigenvalue weighted by Gasteiger charge is -2.12. The minimum atomic E-state index is -4.40. The SMILES string of the molecule is C=C(C)c1ccc(-c2ccc(C(F)(F)F)cc2)c(C(=O)OC)c1. The number of carbonyl (C=O) groups excluding carboxylic acids is 1. The zero-order chi connectivity index (χ0) is 17.2. The number of carbonyl (C=O) groups is 1. The van der Waals surface area contributed by atoms with Crippen LogP contribution >= 0.6 is 0 Å². The molecule has 0 fully saturated rings. The van der Waals surface area contributed by atoms with Crippen LogP contribution < -0.4 is 0 Å². The summed E-state index contributed by atoms with van der Waals surface area (Å²) in [7, 11) is 1.26. The van der Waals surface area contributed by atoms with Gasteiger partial charge in [-0.25, -0.2) is 4.79 Å². The predicted molar refractivity (Wildman–Crippen MR) is 82.9 cm³/mol. The third-order valence-electron chi connectivity index (χ3n) is 3.44. The molecule has 0 amide bonds. The highest BCUT2D eigenvalue weighted by atomic mass is 19.4. The normalized spacial score (nSPS) is 11.2. The van der Waals surface area contributed by atoms with Crippen molar-refractivity contribution in [3.05, 3.63) is 65.7 Å². The molecule has 0 heterocycles. The fourth-order valence-electron chi connectivity index (χ4n) is 2.18. The average molecular weight is 320 g/mol. The van der Waals surface area contributed by atoms with Crippen LogP contribution in [-0.4, -0.2) is 13.1 Å². The Bertz CT molecular complexity index is 744. The summed E-state index contributed by atoms with van der Waals surface area (Å²) in [6.07, 6.45) is -4.40. The third kappa shape index (κ3) is 3.62. The molecule has 23 heavy (non-hydrogen) atoms. The molecule has 0 saturated heterocycles. The Morgan fingerprint density at radius 3 is 2.17 bits per heavy atom. The minimum Gasteiger partial charge on any atom is -0.465 e. The van der Waals surface area contributed by atoms with Crippen molar-refractivity contribution in [2.75, 3.05) is 7.11 Å². The fourth-order valence-corrected chi connectivity index (χ4v) is 2.18. The molecule has 0 aliphatic rings. The van der Waals surface area contributed by atoms with E-state index >= 15 is 0 Å². The van der Waals surface area contributed by atoms with Gasteiger partial charge in [-0.2, -0.15) is 13.2 Å². The highest BCUT2D eigenvalue weighted by Crippen LogP contribution is 2.32. The van der Waals surface area contributed by atoms with E-state index in [1.807, 2.05) is 0 Å². The first-order valence-corrected chi connectivity index (χ1v) is 6.80. The summed E-state index contributed by atoms with van der Waals surface area (Å²) in [5.41, 5.74) is 2.10. The summed E-state index contributed by atoms with van der Waals surface area (Å²) in [5.74, 6) is -0.553. The van der Waals surface area contributed by atoms with Gasteiger partial charge < -0.3 is 4.74 Å². The van der Waals surface area contributed by atoms with E-state index in [-0.39, 0.29) is 5.56 Å². The number of alkyl halides is 3. The molecule has 0 unspecified atom stereocenters. The van der Waals surface area contributed by atoms with Crippen molar-refractivity contribution in [3.8, 4) is 11.1 Å². The zero-order valence-electron chi connectivity index (χ0n) is 12.7. The minimum absolute atomic E-state index is 0.285. The Morgan fingerprint density at radius 1 is 1.09 bits per heavy atom. The van der Waals surface area contributed by atoms with Gasteiger partial charge in [0.1, 0.15) is 0 Å². The van der Waals surface area contributed by atoms with Gasteiger partial charge in [0.25, 0.3) is 0 Å². The summed E-state index contributed by atoms with van der Waals surface area (Å²) in [6, 6.07) is 9.73. The second-order valence-corrected chi connectivity index (χ2v) is 5.11. The first-order chi connectivity index (χ1) is 10.7. The number of methoxy groups -OCH3 is 1. The van der Waals surface area contributed by atoms with Gasteiger partial charge in [-0.15, -0.1) is 0 Å². The summed E-state index contributed by atoms with van der Waals surface area (Å²) >= 11 is 0. The molecular weight excluding hydrogens is 305 g/mol. The van der Waals surface area contributed by atoms with E-state index in [2.05, 4.69) is 6.58 Å². The van der Waals surface area contributed by atoms with Crippen LogP contribution in [0.25, 0.3) is 16.7 Å². The lowest BCUT2D eigenvalue weighted by atomic mass is 9.95. The molecule has 0 aromatic heterocycles. The van der Waals surface area contributed by atoms with Crippen molar-refractivity contribution < 1.29 is 22.7 Å². The largest absolute Gasteiger partial charge is 0.465 e. The maximum absolute atomic E-state index is 12.6. The predicted octanol–water partition coefficient (Wildman–Crippen LogP) is 5.19. The Labute approximate surface area is 132 Å². The molecule has 0 spiro atoms. The van der Waals surface area contributed by atoms with Gasteiger partial charge in [-0.3, -0.25) is 0 Å². The number of allylic oxidation sites excluding steroid dienone is 1. The van der Waals surface area contributed by atoms with E-state index in [0.29, 0.717) is 11.1 Å². The Kier molecular flexibility index (Phi) is 4.59. The lowest BCUT2D eigenvalue weighted by Crippen LogP contribution is -2.06. The summed E-state index contributed by atoms with van der Waals surface area (Å²) in [4.78, 5) is 12.0. The van der Waals surface area contributed by atoms with Gasteiger partial charge in [0.2, 0.25) is 0 Å². The van der Waals surface area contributed by atoms with Crippen LogP contribution in [0.2, 0.25) is 0 Å². The standard InChI is InChI=1S/C18H15F3O2/c1-11(2)13-6-9-15(16(10-13)17(22)23-3)12-4-7-14(8-5-12)18(19,20)21/h4-10H,1H2,2-3H3. The quantitative estimate of drug-likeness (QED) is 0.727. The maximum Gasteiger partial charge on any atom is 0.416 e. The van der Waals surface area contributed by atoms with Crippen LogP contribution in [-0.2, 0) is 10.9 Å². The number of benzene rings is 2. The third-order valence-corrected chi connectivity index (χ3v) is 3.44. The molecule has 0 saturated carbocycles. The molecule has 0 aliphatic carbocycles. The van der Waals surface area contributed by atoms with Crippen LogP contribution in [0.5, 0.6) is 0 Å². The van der Waals surface area contributed by atoms with Crippen molar-refractivity contribution in [3.63, 3.8) is 0 Å². The lowest BCUT2D eigenvalue weighted by molar-refractivity contribution is -0.137. The highest BCUT2D eigenvalue weighted by Gasteiger charge is 2.30. The van der Waals surface area contributed by atoms with Crippen LogP contribution in [0.15, 0.2) is 49.0 Å². The van der Waals surface area contributed by atoms with E-state index in [0.717, 1.165) is 23.3 Å². The van der Waals surface area contributed by atoms with Crippen LogP contribution in [0.1, 0.15) is 28.4 Å². The molecule has 0 bridgehead atoms. The van der Waals surface area contributed by atoms with Crippen LogP contribution in [0.3, 0.4) is 0 Å². The number of ether oxygens (including phenoxy) is 1. The average Bonchev–Trinajstić information content (AvgIpc) is 2.52. The first-order valence-electron chi connectivity index (χ1n) is 6.80. The number of hydrogen-bond donors (Lipinski definition) is 0. The first kappa shape index (κ1) is 16.8.